The smallest absolute Gasteiger partial charge is 0.335 e. The zero-order valence-electron chi connectivity index (χ0n) is 22.6. The number of halogens is 4. The number of rotatable bonds is 11. The number of imidazole rings is 1. The van der Waals surface area contributed by atoms with E-state index < -0.39 is 35.5 Å². The molecule has 1 N–H and O–H groups in total. The van der Waals surface area contributed by atoms with E-state index in [1.54, 1.807) is 12.1 Å². The summed E-state index contributed by atoms with van der Waals surface area (Å²) in [5, 5.41) is 18.1. The van der Waals surface area contributed by atoms with Gasteiger partial charge in [0.2, 0.25) is 5.88 Å². The van der Waals surface area contributed by atoms with Crippen molar-refractivity contribution in [1.82, 2.24) is 24.7 Å². The van der Waals surface area contributed by atoms with Crippen molar-refractivity contribution in [3.8, 4) is 22.3 Å². The molecule has 0 unspecified atom stereocenters. The molecule has 1 saturated carbocycles. The molecule has 6 rings (SSSR count). The molecular formula is C29H23F4N5O4S. The third-order valence-electron chi connectivity index (χ3n) is 7.32. The van der Waals surface area contributed by atoms with Gasteiger partial charge in [0.15, 0.2) is 10.8 Å². The van der Waals surface area contributed by atoms with E-state index in [0.717, 1.165) is 18.2 Å². The monoisotopic (exact) mass is 613 g/mol. The zero-order valence-corrected chi connectivity index (χ0v) is 23.4. The number of aromatic nitrogens is 5. The minimum absolute atomic E-state index is 0.0481. The van der Waals surface area contributed by atoms with Crippen molar-refractivity contribution in [3.05, 3.63) is 81.9 Å². The highest BCUT2D eigenvalue weighted by Crippen LogP contribution is 2.48. The molecule has 14 heteroatoms. The van der Waals surface area contributed by atoms with Gasteiger partial charge in [0, 0.05) is 30.0 Å². The topological polar surface area (TPSA) is 112 Å². The summed E-state index contributed by atoms with van der Waals surface area (Å²) >= 11 is 1.19. The molecule has 2 aromatic carbocycles. The van der Waals surface area contributed by atoms with Gasteiger partial charge in [-0.3, -0.25) is 4.39 Å². The molecule has 9 nitrogen and oxygen atoms in total. The van der Waals surface area contributed by atoms with Crippen molar-refractivity contribution < 1.29 is 36.9 Å². The van der Waals surface area contributed by atoms with Crippen LogP contribution in [0.25, 0.3) is 22.3 Å². The molecule has 1 aliphatic carbocycles. The maximum atomic E-state index is 15.5. The zero-order chi connectivity index (χ0) is 30.3. The van der Waals surface area contributed by atoms with Crippen LogP contribution in [0, 0.1) is 22.9 Å². The van der Waals surface area contributed by atoms with Crippen molar-refractivity contribution >= 4 is 28.3 Å². The standard InChI is InChI=1S/C29H23F4N5O4S/c1-41-28-37-36-25(43-28)12-42-24-4-2-3-21(34-24)17-11-18(31)15(7-19(17)32)10-23-35-26-20(33)8-16(27(39)40)9-22(26)38(23)14-29(13-30)5-6-29/h2-4,7-9,11H,5-6,10,12-14H2,1H3,(H,39,40). The Morgan fingerprint density at radius 3 is 2.58 bits per heavy atom. The highest BCUT2D eigenvalue weighted by atomic mass is 32.1. The van der Waals surface area contributed by atoms with Crippen LogP contribution in [-0.2, 0) is 19.6 Å². The number of hydrogen-bond acceptors (Lipinski definition) is 8. The first-order valence-electron chi connectivity index (χ1n) is 13.1. The summed E-state index contributed by atoms with van der Waals surface area (Å²) in [5.41, 5.74) is -1.01. The van der Waals surface area contributed by atoms with Crippen LogP contribution in [0.3, 0.4) is 0 Å². The summed E-state index contributed by atoms with van der Waals surface area (Å²) in [4.78, 5) is 20.2. The predicted molar refractivity (Wildman–Crippen MR) is 147 cm³/mol. The van der Waals surface area contributed by atoms with Gasteiger partial charge in [0.1, 0.15) is 29.6 Å². The molecule has 3 heterocycles. The van der Waals surface area contributed by atoms with Crippen molar-refractivity contribution in [2.24, 2.45) is 5.41 Å². The predicted octanol–water partition coefficient (Wildman–Crippen LogP) is 5.99. The van der Waals surface area contributed by atoms with Crippen LogP contribution < -0.4 is 9.47 Å². The number of methoxy groups -OCH3 is 1. The van der Waals surface area contributed by atoms with E-state index in [2.05, 4.69) is 20.2 Å². The first-order chi connectivity index (χ1) is 20.7. The quantitative estimate of drug-likeness (QED) is 0.181. The fourth-order valence-electron chi connectivity index (χ4n) is 4.76. The number of aromatic carboxylic acids is 1. The normalized spacial score (nSPS) is 13.8. The summed E-state index contributed by atoms with van der Waals surface area (Å²) in [6, 6.07) is 8.78. The number of carboxylic acids is 1. The number of benzene rings is 2. The summed E-state index contributed by atoms with van der Waals surface area (Å²) in [5.74, 6) is -3.42. The van der Waals surface area contributed by atoms with Crippen LogP contribution in [-0.4, -0.2) is 49.6 Å². The lowest BCUT2D eigenvalue weighted by Gasteiger charge is -2.16. The van der Waals surface area contributed by atoms with Gasteiger partial charge in [-0.05, 0) is 48.7 Å². The van der Waals surface area contributed by atoms with Crippen molar-refractivity contribution in [2.75, 3.05) is 13.8 Å². The van der Waals surface area contributed by atoms with Crippen LogP contribution in [0.1, 0.15) is 39.6 Å². The number of ether oxygens (including phenoxy) is 2. The lowest BCUT2D eigenvalue weighted by atomic mass is 10.0. The number of fused-ring (bicyclic) bond motifs is 1. The third kappa shape index (κ3) is 5.74. The number of carbonyl (C=O) groups is 1. The van der Waals surface area contributed by atoms with Crippen molar-refractivity contribution in [2.45, 2.75) is 32.4 Å². The number of pyridine rings is 1. The molecule has 1 aliphatic rings. The molecule has 3 aromatic heterocycles. The Morgan fingerprint density at radius 2 is 1.88 bits per heavy atom. The first kappa shape index (κ1) is 28.5. The van der Waals surface area contributed by atoms with Gasteiger partial charge in [0.05, 0.1) is 30.6 Å². The molecule has 222 valence electrons. The van der Waals surface area contributed by atoms with Crippen LogP contribution in [0.5, 0.6) is 11.1 Å². The Balaban J connectivity index is 1.30. The number of hydrogen-bond donors (Lipinski definition) is 1. The van der Waals surface area contributed by atoms with Gasteiger partial charge in [-0.2, -0.15) is 0 Å². The summed E-state index contributed by atoms with van der Waals surface area (Å²) < 4.78 is 71.7. The van der Waals surface area contributed by atoms with Crippen LogP contribution in [0.2, 0.25) is 0 Å². The number of nitrogens with zero attached hydrogens (tertiary/aromatic N) is 5. The first-order valence-corrected chi connectivity index (χ1v) is 13.9. The molecule has 0 amide bonds. The van der Waals surface area contributed by atoms with E-state index >= 15 is 8.78 Å². The minimum atomic E-state index is -1.34. The van der Waals surface area contributed by atoms with Crippen LogP contribution >= 0.6 is 11.3 Å². The fourth-order valence-corrected chi connectivity index (χ4v) is 5.33. The largest absolute Gasteiger partial charge is 0.478 e. The maximum Gasteiger partial charge on any atom is 0.335 e. The van der Waals surface area contributed by atoms with Crippen molar-refractivity contribution in [1.29, 1.82) is 0 Å². The second-order valence-electron chi connectivity index (χ2n) is 10.3. The second kappa shape index (κ2) is 11.2. The summed E-state index contributed by atoms with van der Waals surface area (Å²) in [6.45, 7) is -0.483. The minimum Gasteiger partial charge on any atom is -0.478 e. The number of carboxylic acid groups (broad SMARTS) is 1. The van der Waals surface area contributed by atoms with E-state index in [4.69, 9.17) is 9.47 Å². The molecule has 1 fully saturated rings. The summed E-state index contributed by atoms with van der Waals surface area (Å²) in [7, 11) is 1.47. The van der Waals surface area contributed by atoms with Gasteiger partial charge in [-0.25, -0.2) is 27.9 Å². The van der Waals surface area contributed by atoms with E-state index in [9.17, 15) is 18.7 Å². The van der Waals surface area contributed by atoms with Crippen LogP contribution in [0.4, 0.5) is 17.6 Å². The SMILES string of the molecule is COc1nnc(COc2cccc(-c3cc(F)c(Cc4nc5c(F)cc(C(=O)O)cc5n4CC4(CF)CC4)cc3F)n2)s1. The highest BCUT2D eigenvalue weighted by Gasteiger charge is 2.44. The average molecular weight is 614 g/mol. The number of alkyl halides is 1. The molecule has 0 spiro atoms. The Hall–Kier alpha value is -4.59. The highest BCUT2D eigenvalue weighted by molar-refractivity contribution is 7.13. The van der Waals surface area contributed by atoms with Gasteiger partial charge in [-0.15, -0.1) is 5.10 Å². The molecule has 0 atom stereocenters. The Bertz CT molecular complexity index is 1860. The lowest BCUT2D eigenvalue weighted by molar-refractivity contribution is 0.0696. The Morgan fingerprint density at radius 1 is 1.07 bits per heavy atom. The van der Waals surface area contributed by atoms with Crippen molar-refractivity contribution in [3.63, 3.8) is 0 Å². The second-order valence-corrected chi connectivity index (χ2v) is 11.3. The molecule has 0 bridgehead atoms. The molecule has 0 radical (unpaired) electrons. The van der Waals surface area contributed by atoms with Crippen LogP contribution in [0.15, 0.2) is 42.5 Å². The van der Waals surface area contributed by atoms with Gasteiger partial charge in [-0.1, -0.05) is 22.5 Å². The Labute approximate surface area is 245 Å². The van der Waals surface area contributed by atoms with Gasteiger partial charge >= 0.3 is 5.97 Å². The maximum absolute atomic E-state index is 15.5. The van der Waals surface area contributed by atoms with E-state index in [1.165, 1.54) is 35.1 Å². The van der Waals surface area contributed by atoms with Gasteiger partial charge in [0.25, 0.3) is 5.19 Å². The average Bonchev–Trinajstić information content (AvgIpc) is 3.48. The molecule has 0 saturated heterocycles. The molecule has 5 aromatic rings. The lowest BCUT2D eigenvalue weighted by Crippen LogP contribution is -2.16. The van der Waals surface area contributed by atoms with E-state index in [0.29, 0.717) is 23.0 Å². The third-order valence-corrected chi connectivity index (χ3v) is 8.18. The fraction of sp³-hybridized carbons (Fsp3) is 0.276. The van der Waals surface area contributed by atoms with Gasteiger partial charge < -0.3 is 19.1 Å². The molecule has 0 aliphatic heterocycles. The van der Waals surface area contributed by atoms with E-state index in [1.807, 2.05) is 0 Å². The van der Waals surface area contributed by atoms with E-state index in [-0.39, 0.29) is 64.7 Å². The Kier molecular flexibility index (Phi) is 7.46. The molecular weight excluding hydrogens is 590 g/mol. The summed E-state index contributed by atoms with van der Waals surface area (Å²) in [6.07, 6.45) is 0.933. The molecule has 43 heavy (non-hydrogen) atoms.